The number of hydrogen-bond acceptors (Lipinski definition) is 4. The van der Waals surface area contributed by atoms with Gasteiger partial charge in [-0.3, -0.25) is 9.78 Å². The van der Waals surface area contributed by atoms with Crippen molar-refractivity contribution in [2.45, 2.75) is 44.6 Å². The third-order valence-corrected chi connectivity index (χ3v) is 3.64. The summed E-state index contributed by atoms with van der Waals surface area (Å²) in [5, 5.41) is 6.21. The second-order valence-corrected chi connectivity index (χ2v) is 5.63. The van der Waals surface area contributed by atoms with Crippen LogP contribution in [0.1, 0.15) is 38.3 Å². The molecule has 5 nitrogen and oxygen atoms in total. The molecule has 8 heteroatoms. The minimum absolute atomic E-state index is 0.196. The van der Waals surface area contributed by atoms with E-state index < -0.39 is 17.7 Å². The zero-order valence-electron chi connectivity index (χ0n) is 13.2. The SMILES string of the molecule is C=C(F)C(=O)Nc1ccc(/C(C)=N/OC2CCC(F)(F)CC2)nc1. The molecule has 0 unspecified atom stereocenters. The molecule has 1 fully saturated rings. The second-order valence-electron chi connectivity index (χ2n) is 5.63. The molecule has 1 aliphatic rings. The first-order valence-electron chi connectivity index (χ1n) is 7.47. The van der Waals surface area contributed by atoms with Crippen LogP contribution in [0.15, 0.2) is 35.9 Å². The molecule has 1 saturated carbocycles. The molecule has 1 amide bonds. The fourth-order valence-electron chi connectivity index (χ4n) is 2.20. The lowest BCUT2D eigenvalue weighted by molar-refractivity contribution is -0.114. The smallest absolute Gasteiger partial charge is 0.283 e. The number of carbonyl (C=O) groups is 1. The normalized spacial score (nSPS) is 18.1. The number of pyridine rings is 1. The number of oxime groups is 1. The Balaban J connectivity index is 1.91. The van der Waals surface area contributed by atoms with Crippen LogP contribution in [0.2, 0.25) is 0 Å². The third kappa shape index (κ3) is 5.07. The lowest BCUT2D eigenvalue weighted by Crippen LogP contribution is -2.28. The lowest BCUT2D eigenvalue weighted by atomic mass is 9.94. The van der Waals surface area contributed by atoms with Crippen molar-refractivity contribution in [3.63, 3.8) is 0 Å². The summed E-state index contributed by atoms with van der Waals surface area (Å²) in [6.45, 7) is 4.56. The highest BCUT2D eigenvalue weighted by Gasteiger charge is 2.35. The van der Waals surface area contributed by atoms with E-state index in [1.807, 2.05) is 0 Å². The van der Waals surface area contributed by atoms with Crippen molar-refractivity contribution in [2.24, 2.45) is 5.16 Å². The summed E-state index contributed by atoms with van der Waals surface area (Å²) < 4.78 is 38.7. The number of carbonyl (C=O) groups excluding carboxylic acids is 1. The molecular formula is C16H18F3N3O2. The molecule has 0 saturated heterocycles. The van der Waals surface area contributed by atoms with E-state index in [1.165, 1.54) is 12.3 Å². The van der Waals surface area contributed by atoms with Crippen molar-refractivity contribution in [1.29, 1.82) is 0 Å². The van der Waals surface area contributed by atoms with Crippen LogP contribution >= 0.6 is 0 Å². The molecule has 1 aliphatic carbocycles. The van der Waals surface area contributed by atoms with E-state index in [0.717, 1.165) is 0 Å². The molecule has 1 aromatic heterocycles. The summed E-state index contributed by atoms with van der Waals surface area (Å²) in [5.74, 6) is -4.64. The van der Waals surface area contributed by atoms with Gasteiger partial charge >= 0.3 is 0 Å². The van der Waals surface area contributed by atoms with Crippen LogP contribution in [0, 0.1) is 0 Å². The van der Waals surface area contributed by atoms with E-state index >= 15 is 0 Å². The van der Waals surface area contributed by atoms with E-state index in [0.29, 0.717) is 17.1 Å². The Morgan fingerprint density at radius 2 is 2.08 bits per heavy atom. The predicted molar refractivity (Wildman–Crippen MR) is 83.6 cm³/mol. The first-order valence-corrected chi connectivity index (χ1v) is 7.47. The van der Waals surface area contributed by atoms with E-state index in [-0.39, 0.29) is 31.8 Å². The number of nitrogens with zero attached hydrogens (tertiary/aromatic N) is 2. The summed E-state index contributed by atoms with van der Waals surface area (Å²) in [6, 6.07) is 3.11. The highest BCUT2D eigenvalue weighted by atomic mass is 19.3. The predicted octanol–water partition coefficient (Wildman–Crippen LogP) is 3.82. The van der Waals surface area contributed by atoms with Gasteiger partial charge in [0.1, 0.15) is 11.8 Å². The van der Waals surface area contributed by atoms with Crippen LogP contribution < -0.4 is 5.32 Å². The average Bonchev–Trinajstić information content (AvgIpc) is 2.54. The average molecular weight is 341 g/mol. The van der Waals surface area contributed by atoms with Gasteiger partial charge in [-0.15, -0.1) is 0 Å². The molecule has 0 aromatic carbocycles. The van der Waals surface area contributed by atoms with E-state index in [4.69, 9.17) is 4.84 Å². The molecule has 24 heavy (non-hydrogen) atoms. The lowest BCUT2D eigenvalue weighted by Gasteiger charge is -2.26. The summed E-state index contributed by atoms with van der Waals surface area (Å²) in [6.07, 6.45) is 1.15. The van der Waals surface area contributed by atoms with Gasteiger partial charge in [-0.25, -0.2) is 13.2 Å². The molecule has 0 radical (unpaired) electrons. The fourth-order valence-corrected chi connectivity index (χ4v) is 2.20. The van der Waals surface area contributed by atoms with E-state index in [1.54, 1.807) is 13.0 Å². The Labute approximate surface area is 137 Å². The number of rotatable bonds is 5. The zero-order chi connectivity index (χ0) is 17.7. The van der Waals surface area contributed by atoms with Gasteiger partial charge in [0.15, 0.2) is 5.83 Å². The number of aromatic nitrogens is 1. The molecule has 1 aromatic rings. The van der Waals surface area contributed by atoms with E-state index in [9.17, 15) is 18.0 Å². The monoisotopic (exact) mass is 341 g/mol. The van der Waals surface area contributed by atoms with Gasteiger partial charge in [-0.2, -0.15) is 0 Å². The molecule has 130 valence electrons. The van der Waals surface area contributed by atoms with Gasteiger partial charge in [-0.1, -0.05) is 11.7 Å². The Morgan fingerprint density at radius 1 is 1.42 bits per heavy atom. The summed E-state index contributed by atoms with van der Waals surface area (Å²) in [7, 11) is 0. The maximum absolute atomic E-state index is 13.1. The summed E-state index contributed by atoms with van der Waals surface area (Å²) >= 11 is 0. The topological polar surface area (TPSA) is 63.6 Å². The van der Waals surface area contributed by atoms with Crippen molar-refractivity contribution in [3.8, 4) is 0 Å². The number of nitrogens with one attached hydrogen (secondary N) is 1. The molecule has 0 spiro atoms. The largest absolute Gasteiger partial charge is 0.392 e. The second kappa shape index (κ2) is 7.46. The number of alkyl halides is 2. The Hall–Kier alpha value is -2.38. The van der Waals surface area contributed by atoms with Crippen molar-refractivity contribution in [2.75, 3.05) is 5.32 Å². The molecular weight excluding hydrogens is 323 g/mol. The molecule has 1 N–H and O–H groups in total. The molecule has 1 heterocycles. The highest BCUT2D eigenvalue weighted by molar-refractivity contribution is 6.02. The van der Waals surface area contributed by atoms with Crippen LogP contribution in [0.5, 0.6) is 0 Å². The number of amides is 1. The van der Waals surface area contributed by atoms with Crippen molar-refractivity contribution >= 4 is 17.3 Å². The summed E-state index contributed by atoms with van der Waals surface area (Å²) in [4.78, 5) is 20.5. The first-order chi connectivity index (χ1) is 11.3. The minimum atomic E-state index is -2.61. The maximum Gasteiger partial charge on any atom is 0.283 e. The maximum atomic E-state index is 13.1. The summed E-state index contributed by atoms with van der Waals surface area (Å²) in [5.41, 5.74) is 1.28. The van der Waals surface area contributed by atoms with Gasteiger partial charge in [-0.05, 0) is 31.9 Å². The quantitative estimate of drug-likeness (QED) is 0.503. The van der Waals surface area contributed by atoms with Crippen molar-refractivity contribution < 1.29 is 22.8 Å². The van der Waals surface area contributed by atoms with Gasteiger partial charge in [0.25, 0.3) is 5.91 Å². The molecule has 0 atom stereocenters. The molecule has 0 aliphatic heterocycles. The fraction of sp³-hybridized carbons (Fsp3) is 0.438. The van der Waals surface area contributed by atoms with Crippen LogP contribution in [0.3, 0.4) is 0 Å². The number of anilines is 1. The van der Waals surface area contributed by atoms with Crippen LogP contribution in [-0.2, 0) is 9.63 Å². The van der Waals surface area contributed by atoms with Crippen molar-refractivity contribution in [3.05, 3.63) is 36.4 Å². The molecule has 0 bridgehead atoms. The first kappa shape index (κ1) is 18.0. The van der Waals surface area contributed by atoms with Crippen LogP contribution in [0.4, 0.5) is 18.9 Å². The molecule has 2 rings (SSSR count). The third-order valence-electron chi connectivity index (χ3n) is 3.64. The Bertz CT molecular complexity index is 634. The minimum Gasteiger partial charge on any atom is -0.392 e. The van der Waals surface area contributed by atoms with Crippen LogP contribution in [0.25, 0.3) is 0 Å². The number of hydrogen-bond donors (Lipinski definition) is 1. The van der Waals surface area contributed by atoms with Crippen molar-refractivity contribution in [1.82, 2.24) is 4.98 Å². The van der Waals surface area contributed by atoms with Gasteiger partial charge in [0.05, 0.1) is 17.6 Å². The highest BCUT2D eigenvalue weighted by Crippen LogP contribution is 2.34. The van der Waals surface area contributed by atoms with E-state index in [2.05, 4.69) is 22.0 Å². The zero-order valence-corrected chi connectivity index (χ0v) is 13.2. The Kier molecular flexibility index (Phi) is 5.58. The Morgan fingerprint density at radius 3 is 2.62 bits per heavy atom. The van der Waals surface area contributed by atoms with Crippen LogP contribution in [-0.4, -0.2) is 28.6 Å². The van der Waals surface area contributed by atoms with Gasteiger partial charge in [0.2, 0.25) is 5.92 Å². The number of halogens is 3. The van der Waals surface area contributed by atoms with Gasteiger partial charge in [0, 0.05) is 12.8 Å². The standard InChI is InChI=1S/C16H18F3N3O2/c1-10(17)15(23)21-12-3-4-14(20-9-12)11(2)22-24-13-5-7-16(18,19)8-6-13/h3-4,9,13H,1,5-8H2,2H3,(H,21,23)/b22-11+. The van der Waals surface area contributed by atoms with Gasteiger partial charge < -0.3 is 10.2 Å².